The molecule has 0 unspecified atom stereocenters. The van der Waals surface area contributed by atoms with Crippen LogP contribution < -0.4 is 0 Å². The van der Waals surface area contributed by atoms with Crippen LogP contribution in [0.15, 0.2) is 24.4 Å². The van der Waals surface area contributed by atoms with Crippen LogP contribution in [0.25, 0.3) is 0 Å². The predicted molar refractivity (Wildman–Crippen MR) is 113 cm³/mol. The Morgan fingerprint density at radius 2 is 1.61 bits per heavy atom. The molecule has 4 nitrogen and oxygen atoms in total. The quantitative estimate of drug-likeness (QED) is 0.482. The number of nitrogens with zero attached hydrogens (tertiary/aromatic N) is 1. The predicted octanol–water partition coefficient (Wildman–Crippen LogP) is 5.23. The molecule has 1 saturated carbocycles. The first-order chi connectivity index (χ1) is 13.2. The van der Waals surface area contributed by atoms with Gasteiger partial charge < -0.3 is 4.90 Å². The third-order valence-corrected chi connectivity index (χ3v) is 6.19. The highest BCUT2D eigenvalue weighted by Crippen LogP contribution is 2.32. The summed E-state index contributed by atoms with van der Waals surface area (Å²) in [5.41, 5.74) is 0.549. The van der Waals surface area contributed by atoms with E-state index in [1.807, 2.05) is 20.8 Å². The van der Waals surface area contributed by atoms with Crippen molar-refractivity contribution >= 4 is 17.5 Å². The van der Waals surface area contributed by atoms with Gasteiger partial charge in [0.1, 0.15) is 11.6 Å². The molecule has 1 fully saturated rings. The zero-order valence-electron chi connectivity index (χ0n) is 18.0. The van der Waals surface area contributed by atoms with Crippen molar-refractivity contribution in [2.24, 2.45) is 17.3 Å². The van der Waals surface area contributed by atoms with Gasteiger partial charge in [-0.1, -0.05) is 40.2 Å². The van der Waals surface area contributed by atoms with Crippen molar-refractivity contribution in [3.8, 4) is 0 Å². The van der Waals surface area contributed by atoms with E-state index in [1.165, 1.54) is 0 Å². The Labute approximate surface area is 170 Å². The molecule has 156 valence electrons. The maximum absolute atomic E-state index is 12.5. The number of carbonyl (C=O) groups is 3. The van der Waals surface area contributed by atoms with Crippen LogP contribution in [0.2, 0.25) is 0 Å². The lowest BCUT2D eigenvalue weighted by molar-refractivity contribution is -0.126. The average molecular weight is 388 g/mol. The number of hydrogen-bond acceptors (Lipinski definition) is 3. The lowest BCUT2D eigenvalue weighted by Gasteiger charge is -2.31. The molecule has 0 aromatic carbocycles. The van der Waals surface area contributed by atoms with E-state index in [2.05, 4.69) is 6.58 Å². The number of ketones is 2. The Balaban J connectivity index is 1.56. The van der Waals surface area contributed by atoms with Crippen molar-refractivity contribution in [2.75, 3.05) is 6.54 Å². The number of amides is 1. The summed E-state index contributed by atoms with van der Waals surface area (Å²) in [6.45, 7) is 10.6. The molecule has 2 aliphatic rings. The van der Waals surface area contributed by atoms with Crippen molar-refractivity contribution in [1.29, 1.82) is 0 Å². The molecular formula is C24H37NO3. The highest BCUT2D eigenvalue weighted by Gasteiger charge is 2.29. The summed E-state index contributed by atoms with van der Waals surface area (Å²) in [5.74, 6) is 1.45. The molecule has 1 heterocycles. The second-order valence-corrected chi connectivity index (χ2v) is 9.54. The largest absolute Gasteiger partial charge is 0.309 e. The summed E-state index contributed by atoms with van der Waals surface area (Å²) in [6, 6.07) is 0. The lowest BCUT2D eigenvalue weighted by atomic mass is 9.79. The van der Waals surface area contributed by atoms with Crippen LogP contribution >= 0.6 is 0 Å². The lowest BCUT2D eigenvalue weighted by Crippen LogP contribution is -2.32. The van der Waals surface area contributed by atoms with Gasteiger partial charge in [0.25, 0.3) is 5.91 Å². The molecule has 1 amide bonds. The first-order valence-corrected chi connectivity index (χ1v) is 10.9. The first-order valence-electron chi connectivity index (χ1n) is 10.9. The fraction of sp³-hybridized carbons (Fsp3) is 0.708. The van der Waals surface area contributed by atoms with Crippen LogP contribution in [0.4, 0.5) is 0 Å². The average Bonchev–Trinajstić information content (AvgIpc) is 2.96. The molecule has 0 aromatic heterocycles. The van der Waals surface area contributed by atoms with Gasteiger partial charge in [0.15, 0.2) is 0 Å². The Kier molecular flexibility index (Phi) is 8.21. The Morgan fingerprint density at radius 3 is 2.14 bits per heavy atom. The minimum absolute atomic E-state index is 0.0346. The monoisotopic (exact) mass is 387 g/mol. The molecule has 0 spiro atoms. The van der Waals surface area contributed by atoms with E-state index in [0.717, 1.165) is 63.6 Å². The molecule has 1 aliphatic heterocycles. The van der Waals surface area contributed by atoms with Gasteiger partial charge in [-0.25, -0.2) is 0 Å². The van der Waals surface area contributed by atoms with E-state index in [0.29, 0.717) is 30.3 Å². The van der Waals surface area contributed by atoms with Crippen molar-refractivity contribution in [3.63, 3.8) is 0 Å². The van der Waals surface area contributed by atoms with Gasteiger partial charge >= 0.3 is 0 Å². The fourth-order valence-electron chi connectivity index (χ4n) is 4.14. The van der Waals surface area contributed by atoms with Gasteiger partial charge in [-0.15, -0.1) is 0 Å². The maximum atomic E-state index is 12.5. The van der Waals surface area contributed by atoms with E-state index in [9.17, 15) is 14.4 Å². The normalized spacial score (nSPS) is 22.8. The van der Waals surface area contributed by atoms with E-state index < -0.39 is 0 Å². The van der Waals surface area contributed by atoms with E-state index in [4.69, 9.17) is 0 Å². The summed E-state index contributed by atoms with van der Waals surface area (Å²) in [4.78, 5) is 38.0. The Bertz CT molecular complexity index is 600. The van der Waals surface area contributed by atoms with Gasteiger partial charge in [-0.05, 0) is 50.5 Å². The summed E-state index contributed by atoms with van der Waals surface area (Å²) in [5, 5.41) is 0. The smallest absolute Gasteiger partial charge is 0.251 e. The van der Waals surface area contributed by atoms with Gasteiger partial charge in [-0.2, -0.15) is 0 Å². The molecule has 0 atom stereocenters. The highest BCUT2D eigenvalue weighted by atomic mass is 16.2. The van der Waals surface area contributed by atoms with Crippen LogP contribution in [0.5, 0.6) is 0 Å². The van der Waals surface area contributed by atoms with Gasteiger partial charge in [0.05, 0.1) is 0 Å². The van der Waals surface area contributed by atoms with Crippen LogP contribution in [0.1, 0.15) is 85.0 Å². The molecule has 0 N–H and O–H groups in total. The standard InChI is InChI=1S/C24H37NO3/c1-18-11-16-23(28)25(18)17-19-12-14-20(15-13-19)21(26)9-7-5-6-8-10-22(27)24(2,3)4/h11,16,19-20H,1,5-10,12-15,17H2,2-4H3. The molecule has 28 heavy (non-hydrogen) atoms. The van der Waals surface area contributed by atoms with Crippen molar-refractivity contribution < 1.29 is 14.4 Å². The molecule has 0 aromatic rings. The van der Waals surface area contributed by atoms with Crippen molar-refractivity contribution in [1.82, 2.24) is 4.90 Å². The van der Waals surface area contributed by atoms with Crippen LogP contribution in [-0.4, -0.2) is 28.9 Å². The zero-order chi connectivity index (χ0) is 20.7. The van der Waals surface area contributed by atoms with Gasteiger partial charge in [0.2, 0.25) is 0 Å². The SMILES string of the molecule is C=C1C=CC(=O)N1CC1CCC(C(=O)CCCCCCC(=O)C(C)(C)C)CC1. The zero-order valence-corrected chi connectivity index (χ0v) is 18.0. The third kappa shape index (κ3) is 6.72. The number of Topliss-reactive ketones (excluding diaryl/α,β-unsaturated/α-hetero) is 2. The minimum Gasteiger partial charge on any atom is -0.309 e. The minimum atomic E-state index is -0.235. The summed E-state index contributed by atoms with van der Waals surface area (Å²) in [7, 11) is 0. The number of hydrogen-bond donors (Lipinski definition) is 0. The van der Waals surface area contributed by atoms with E-state index in [-0.39, 0.29) is 17.2 Å². The number of unbranched alkanes of at least 4 members (excludes halogenated alkanes) is 3. The molecule has 1 aliphatic carbocycles. The van der Waals surface area contributed by atoms with E-state index in [1.54, 1.807) is 17.1 Å². The maximum Gasteiger partial charge on any atom is 0.251 e. The topological polar surface area (TPSA) is 54.5 Å². The fourth-order valence-corrected chi connectivity index (χ4v) is 4.14. The second-order valence-electron chi connectivity index (χ2n) is 9.54. The van der Waals surface area contributed by atoms with E-state index >= 15 is 0 Å². The number of rotatable bonds is 10. The van der Waals surface area contributed by atoms with Crippen molar-refractivity contribution in [2.45, 2.75) is 85.0 Å². The number of carbonyl (C=O) groups excluding carboxylic acids is 3. The summed E-state index contributed by atoms with van der Waals surface area (Å²) in [6.07, 6.45) is 12.6. The van der Waals surface area contributed by atoms with Crippen LogP contribution in [0.3, 0.4) is 0 Å². The molecule has 0 radical (unpaired) electrons. The molecular weight excluding hydrogens is 350 g/mol. The number of allylic oxidation sites excluding steroid dienone is 1. The third-order valence-electron chi connectivity index (χ3n) is 6.19. The molecule has 4 heteroatoms. The van der Waals surface area contributed by atoms with Gasteiger partial charge in [-0.3, -0.25) is 14.4 Å². The van der Waals surface area contributed by atoms with Gasteiger partial charge in [0, 0.05) is 42.5 Å². The molecule has 2 rings (SSSR count). The first kappa shape index (κ1) is 22.6. The van der Waals surface area contributed by atoms with Crippen LogP contribution in [0, 0.1) is 17.3 Å². The summed E-state index contributed by atoms with van der Waals surface area (Å²) < 4.78 is 0. The Hall–Kier alpha value is -1.71. The second kappa shape index (κ2) is 10.2. The van der Waals surface area contributed by atoms with Crippen molar-refractivity contribution in [3.05, 3.63) is 24.4 Å². The molecule has 0 saturated heterocycles. The Morgan fingerprint density at radius 1 is 1.00 bits per heavy atom. The van der Waals surface area contributed by atoms with Crippen LogP contribution in [-0.2, 0) is 14.4 Å². The summed E-state index contributed by atoms with van der Waals surface area (Å²) >= 11 is 0. The highest BCUT2D eigenvalue weighted by molar-refractivity contribution is 5.93. The molecule has 0 bridgehead atoms.